The molecule has 0 bridgehead atoms. The molecule has 1 atom stereocenters. The van der Waals surface area contributed by atoms with E-state index in [-0.39, 0.29) is 5.54 Å². The predicted molar refractivity (Wildman–Crippen MR) is 104 cm³/mol. The van der Waals surface area contributed by atoms with Crippen molar-refractivity contribution in [3.8, 4) is 11.4 Å². The number of aryl methyl sites for hydroxylation is 1. The summed E-state index contributed by atoms with van der Waals surface area (Å²) in [5, 5.41) is 5.02. The number of fused-ring (bicyclic) bond motifs is 1. The van der Waals surface area contributed by atoms with Crippen molar-refractivity contribution in [2.45, 2.75) is 44.6 Å². The van der Waals surface area contributed by atoms with Crippen LogP contribution in [0, 0.1) is 6.92 Å². The van der Waals surface area contributed by atoms with Crippen LogP contribution < -0.4 is 10.2 Å². The molecule has 0 aromatic carbocycles. The molecule has 2 aliphatic rings. The number of rotatable bonds is 2. The van der Waals surface area contributed by atoms with Crippen molar-refractivity contribution < 1.29 is 0 Å². The van der Waals surface area contributed by atoms with Crippen LogP contribution in [0.25, 0.3) is 22.4 Å². The first kappa shape index (κ1) is 15.9. The molecule has 0 aliphatic carbocycles. The molecule has 3 aromatic rings. The Morgan fingerprint density at radius 1 is 1.15 bits per heavy atom. The first-order chi connectivity index (χ1) is 12.7. The van der Waals surface area contributed by atoms with Gasteiger partial charge in [-0.15, -0.1) is 0 Å². The molecule has 6 heteroatoms. The van der Waals surface area contributed by atoms with Crippen molar-refractivity contribution in [2.24, 2.45) is 0 Å². The second-order valence-electron chi connectivity index (χ2n) is 7.86. The van der Waals surface area contributed by atoms with Crippen molar-refractivity contribution in [3.05, 3.63) is 30.4 Å². The molecule has 3 aromatic heterocycles. The van der Waals surface area contributed by atoms with Gasteiger partial charge in [0, 0.05) is 48.5 Å². The van der Waals surface area contributed by atoms with Gasteiger partial charge < -0.3 is 20.2 Å². The van der Waals surface area contributed by atoms with E-state index < -0.39 is 0 Å². The fourth-order valence-corrected chi connectivity index (χ4v) is 4.76. The van der Waals surface area contributed by atoms with Crippen molar-refractivity contribution in [1.29, 1.82) is 0 Å². The summed E-state index contributed by atoms with van der Waals surface area (Å²) in [6.45, 7) is 5.37. The fourth-order valence-electron chi connectivity index (χ4n) is 4.76. The summed E-state index contributed by atoms with van der Waals surface area (Å²) in [6.07, 6.45) is 12.3. The Labute approximate surface area is 153 Å². The normalized spacial score (nSPS) is 23.8. The molecule has 0 saturated carbocycles. The van der Waals surface area contributed by atoms with Crippen molar-refractivity contribution >= 4 is 16.7 Å². The summed E-state index contributed by atoms with van der Waals surface area (Å²) in [4.78, 5) is 18.4. The maximum atomic E-state index is 4.55. The van der Waals surface area contributed by atoms with Crippen molar-refractivity contribution in [2.75, 3.05) is 24.5 Å². The molecule has 5 heterocycles. The minimum atomic E-state index is 0.282. The van der Waals surface area contributed by atoms with Gasteiger partial charge >= 0.3 is 0 Å². The molecular formula is C20H26N6. The highest BCUT2D eigenvalue weighted by Gasteiger charge is 2.37. The van der Waals surface area contributed by atoms with Crippen LogP contribution >= 0.6 is 0 Å². The summed E-state index contributed by atoms with van der Waals surface area (Å²) in [7, 11) is 0. The maximum absolute atomic E-state index is 4.55. The summed E-state index contributed by atoms with van der Waals surface area (Å²) in [5.41, 5.74) is 4.66. The summed E-state index contributed by atoms with van der Waals surface area (Å²) < 4.78 is 0. The van der Waals surface area contributed by atoms with Gasteiger partial charge in [0.2, 0.25) is 0 Å². The molecular weight excluding hydrogens is 324 g/mol. The molecule has 2 aliphatic heterocycles. The second-order valence-corrected chi connectivity index (χ2v) is 7.86. The van der Waals surface area contributed by atoms with Crippen LogP contribution in [0.1, 0.15) is 37.8 Å². The maximum Gasteiger partial charge on any atom is 0.140 e. The van der Waals surface area contributed by atoms with E-state index in [0.29, 0.717) is 0 Å². The number of nitrogens with one attached hydrogen (secondary N) is 3. The van der Waals surface area contributed by atoms with Crippen LogP contribution in [-0.4, -0.2) is 45.1 Å². The van der Waals surface area contributed by atoms with Gasteiger partial charge in [-0.3, -0.25) is 0 Å². The summed E-state index contributed by atoms with van der Waals surface area (Å²) >= 11 is 0. The van der Waals surface area contributed by atoms with Gasteiger partial charge in [-0.2, -0.15) is 0 Å². The van der Waals surface area contributed by atoms with E-state index in [0.717, 1.165) is 42.4 Å². The largest absolute Gasteiger partial charge is 0.369 e. The molecule has 1 spiro atoms. The monoisotopic (exact) mass is 350 g/mol. The molecule has 2 fully saturated rings. The van der Waals surface area contributed by atoms with E-state index in [4.69, 9.17) is 0 Å². The van der Waals surface area contributed by atoms with E-state index in [1.165, 1.54) is 43.2 Å². The first-order valence-electron chi connectivity index (χ1n) is 9.72. The number of imidazole rings is 1. The van der Waals surface area contributed by atoms with Crippen LogP contribution in [0.2, 0.25) is 0 Å². The zero-order chi connectivity index (χ0) is 17.6. The van der Waals surface area contributed by atoms with E-state index in [9.17, 15) is 0 Å². The van der Waals surface area contributed by atoms with Crippen LogP contribution in [-0.2, 0) is 0 Å². The Balaban J connectivity index is 1.57. The van der Waals surface area contributed by atoms with E-state index >= 15 is 0 Å². The number of hydrogen-bond donors (Lipinski definition) is 3. The quantitative estimate of drug-likeness (QED) is 0.662. The van der Waals surface area contributed by atoms with Gasteiger partial charge in [0.25, 0.3) is 0 Å². The van der Waals surface area contributed by atoms with Crippen LogP contribution in [0.15, 0.2) is 24.7 Å². The van der Waals surface area contributed by atoms with Gasteiger partial charge in [-0.1, -0.05) is 6.42 Å². The number of piperidine rings is 2. The van der Waals surface area contributed by atoms with E-state index in [2.05, 4.69) is 36.2 Å². The number of pyridine rings is 1. The number of hydrogen-bond acceptors (Lipinski definition) is 4. The Bertz CT molecular complexity index is 912. The molecule has 3 N–H and O–H groups in total. The average Bonchev–Trinajstić information content (AvgIpc) is 3.28. The Kier molecular flexibility index (Phi) is 3.74. The third-order valence-electron chi connectivity index (χ3n) is 6.01. The summed E-state index contributed by atoms with van der Waals surface area (Å²) in [6, 6.07) is 2.16. The van der Waals surface area contributed by atoms with E-state index in [1.54, 1.807) is 0 Å². The molecule has 6 nitrogen and oxygen atoms in total. The van der Waals surface area contributed by atoms with Gasteiger partial charge in [0.05, 0.1) is 11.1 Å². The molecule has 5 rings (SSSR count). The van der Waals surface area contributed by atoms with Crippen molar-refractivity contribution in [3.63, 3.8) is 0 Å². The SMILES string of the molecule is Cc1cnc(-c2c[nH]c3nccc(N4CCCC5(CCCCN5)C4)c23)[nH]1. The third kappa shape index (κ3) is 2.60. The minimum absolute atomic E-state index is 0.282. The highest BCUT2D eigenvalue weighted by atomic mass is 15.2. The molecule has 0 amide bonds. The van der Waals surface area contributed by atoms with Gasteiger partial charge in [0.1, 0.15) is 11.5 Å². The summed E-state index contributed by atoms with van der Waals surface area (Å²) in [5.74, 6) is 0.908. The topological polar surface area (TPSA) is 72.6 Å². The Morgan fingerprint density at radius 3 is 2.88 bits per heavy atom. The van der Waals surface area contributed by atoms with E-state index in [1.807, 2.05) is 25.5 Å². The number of aromatic nitrogens is 4. The minimum Gasteiger partial charge on any atom is -0.369 e. The standard InChI is InChI=1S/C20H26N6/c1-14-11-22-18(25-14)15-12-23-19-17(15)16(5-9-21-19)26-10-4-7-20(13-26)6-2-3-8-24-20/h5,9,11-12,24H,2-4,6-8,10,13H2,1H3,(H,21,23)(H,22,25). The zero-order valence-corrected chi connectivity index (χ0v) is 15.3. The Hall–Kier alpha value is -2.34. The highest BCUT2D eigenvalue weighted by molar-refractivity contribution is 6.01. The lowest BCUT2D eigenvalue weighted by Crippen LogP contribution is -2.59. The number of H-pyrrole nitrogens is 2. The number of aromatic amines is 2. The number of nitrogens with zero attached hydrogens (tertiary/aromatic N) is 3. The van der Waals surface area contributed by atoms with Gasteiger partial charge in [-0.25, -0.2) is 9.97 Å². The van der Waals surface area contributed by atoms with Gasteiger partial charge in [0.15, 0.2) is 0 Å². The molecule has 1 unspecified atom stereocenters. The molecule has 136 valence electrons. The van der Waals surface area contributed by atoms with Crippen LogP contribution in [0.5, 0.6) is 0 Å². The molecule has 0 radical (unpaired) electrons. The smallest absolute Gasteiger partial charge is 0.140 e. The lowest BCUT2D eigenvalue weighted by Gasteiger charge is -2.47. The predicted octanol–water partition coefficient (Wildman–Crippen LogP) is 3.37. The third-order valence-corrected chi connectivity index (χ3v) is 6.01. The molecule has 2 saturated heterocycles. The zero-order valence-electron chi connectivity index (χ0n) is 15.3. The second kappa shape index (κ2) is 6.13. The Morgan fingerprint density at radius 2 is 2.08 bits per heavy atom. The van der Waals surface area contributed by atoms with Gasteiger partial charge in [-0.05, 0) is 45.2 Å². The van der Waals surface area contributed by atoms with Crippen molar-refractivity contribution in [1.82, 2.24) is 25.3 Å². The lowest BCUT2D eigenvalue weighted by molar-refractivity contribution is 0.216. The molecule has 26 heavy (non-hydrogen) atoms. The first-order valence-corrected chi connectivity index (χ1v) is 9.72. The fraction of sp³-hybridized carbons (Fsp3) is 0.500. The van der Waals surface area contributed by atoms with Crippen LogP contribution in [0.3, 0.4) is 0 Å². The average molecular weight is 350 g/mol. The highest BCUT2D eigenvalue weighted by Crippen LogP contribution is 2.37. The lowest BCUT2D eigenvalue weighted by atomic mass is 9.81. The number of anilines is 1. The van der Waals surface area contributed by atoms with Crippen LogP contribution in [0.4, 0.5) is 5.69 Å².